The molecule has 0 aromatic carbocycles. The van der Waals surface area contributed by atoms with Gasteiger partial charge in [0.15, 0.2) is 0 Å². The molecule has 0 saturated carbocycles. The molecule has 166 valence electrons. The third-order valence-corrected chi connectivity index (χ3v) is 5.65. The Morgan fingerprint density at radius 3 is 1.21 bits per heavy atom. The van der Waals surface area contributed by atoms with E-state index in [1.165, 1.54) is 122 Å². The molecular formula is C26H50O2. The maximum atomic E-state index is 10.4. The van der Waals surface area contributed by atoms with Gasteiger partial charge in [-0.3, -0.25) is 4.79 Å². The quantitative estimate of drug-likeness (QED) is 0.138. The fraction of sp³-hybridized carbons (Fsp3) is 0.885. The summed E-state index contributed by atoms with van der Waals surface area (Å²) in [7, 11) is 0. The van der Waals surface area contributed by atoms with Crippen molar-refractivity contribution in [3.8, 4) is 0 Å². The summed E-state index contributed by atoms with van der Waals surface area (Å²) in [5, 5.41) is 8.58. The Morgan fingerprint density at radius 1 is 0.536 bits per heavy atom. The van der Waals surface area contributed by atoms with Crippen molar-refractivity contribution in [2.24, 2.45) is 0 Å². The molecule has 0 unspecified atom stereocenters. The van der Waals surface area contributed by atoms with Crippen LogP contribution in [0.3, 0.4) is 0 Å². The van der Waals surface area contributed by atoms with E-state index in [1.54, 1.807) is 0 Å². The highest BCUT2D eigenvalue weighted by Gasteiger charge is 1.96. The van der Waals surface area contributed by atoms with Crippen LogP contribution in [0.4, 0.5) is 0 Å². The molecule has 0 aromatic heterocycles. The van der Waals surface area contributed by atoms with Crippen molar-refractivity contribution in [3.05, 3.63) is 12.2 Å². The predicted octanol–water partition coefficient (Wildman–Crippen LogP) is 9.23. The van der Waals surface area contributed by atoms with Crippen molar-refractivity contribution in [1.29, 1.82) is 0 Å². The number of allylic oxidation sites excluding steroid dienone is 2. The molecule has 0 aliphatic rings. The first-order chi connectivity index (χ1) is 13.8. The van der Waals surface area contributed by atoms with Crippen molar-refractivity contribution in [2.45, 2.75) is 148 Å². The number of rotatable bonds is 23. The fourth-order valence-corrected chi connectivity index (χ4v) is 3.76. The molecule has 0 amide bonds. The summed E-state index contributed by atoms with van der Waals surface area (Å²) in [6, 6.07) is 0. The van der Waals surface area contributed by atoms with E-state index in [2.05, 4.69) is 19.1 Å². The van der Waals surface area contributed by atoms with Gasteiger partial charge in [0.25, 0.3) is 0 Å². The lowest BCUT2D eigenvalue weighted by Gasteiger charge is -2.02. The van der Waals surface area contributed by atoms with Gasteiger partial charge >= 0.3 is 5.97 Å². The van der Waals surface area contributed by atoms with Gasteiger partial charge in [-0.1, -0.05) is 122 Å². The van der Waals surface area contributed by atoms with Crippen molar-refractivity contribution in [3.63, 3.8) is 0 Å². The molecule has 28 heavy (non-hydrogen) atoms. The zero-order valence-electron chi connectivity index (χ0n) is 19.1. The summed E-state index contributed by atoms with van der Waals surface area (Å²) in [4.78, 5) is 10.4. The first-order valence-corrected chi connectivity index (χ1v) is 12.6. The largest absolute Gasteiger partial charge is 0.481 e. The second kappa shape index (κ2) is 24.2. The van der Waals surface area contributed by atoms with Crippen LogP contribution in [-0.2, 0) is 4.79 Å². The maximum absolute atomic E-state index is 10.4. The van der Waals surface area contributed by atoms with Crippen LogP contribution in [0.1, 0.15) is 148 Å². The van der Waals surface area contributed by atoms with E-state index in [1.807, 2.05) is 0 Å². The first kappa shape index (κ1) is 27.2. The molecule has 0 heterocycles. The summed E-state index contributed by atoms with van der Waals surface area (Å²) in [5.41, 5.74) is 0. The maximum Gasteiger partial charge on any atom is 0.303 e. The normalized spacial score (nSPS) is 11.5. The fourth-order valence-electron chi connectivity index (χ4n) is 3.76. The topological polar surface area (TPSA) is 37.3 Å². The van der Waals surface area contributed by atoms with Crippen LogP contribution >= 0.6 is 0 Å². The lowest BCUT2D eigenvalue weighted by Crippen LogP contribution is -1.93. The second-order valence-corrected chi connectivity index (χ2v) is 8.56. The Balaban J connectivity index is 3.08. The van der Waals surface area contributed by atoms with E-state index >= 15 is 0 Å². The van der Waals surface area contributed by atoms with Gasteiger partial charge in [-0.05, 0) is 32.1 Å². The number of carboxylic acid groups (broad SMARTS) is 1. The summed E-state index contributed by atoms with van der Waals surface area (Å²) < 4.78 is 0. The molecule has 0 aliphatic carbocycles. The highest BCUT2D eigenvalue weighted by molar-refractivity contribution is 5.66. The predicted molar refractivity (Wildman–Crippen MR) is 124 cm³/mol. The minimum atomic E-state index is -0.655. The second-order valence-electron chi connectivity index (χ2n) is 8.56. The van der Waals surface area contributed by atoms with E-state index in [-0.39, 0.29) is 0 Å². The first-order valence-electron chi connectivity index (χ1n) is 12.6. The van der Waals surface area contributed by atoms with Gasteiger partial charge in [-0.2, -0.15) is 0 Å². The van der Waals surface area contributed by atoms with E-state index < -0.39 is 5.97 Å². The average molecular weight is 395 g/mol. The third-order valence-electron chi connectivity index (χ3n) is 5.65. The molecular weight excluding hydrogens is 344 g/mol. The van der Waals surface area contributed by atoms with E-state index in [0.717, 1.165) is 12.8 Å². The lowest BCUT2D eigenvalue weighted by molar-refractivity contribution is -0.137. The molecule has 0 saturated heterocycles. The molecule has 0 atom stereocenters. The van der Waals surface area contributed by atoms with Gasteiger partial charge < -0.3 is 5.11 Å². The van der Waals surface area contributed by atoms with Crippen LogP contribution in [0.5, 0.6) is 0 Å². The minimum absolute atomic E-state index is 0.340. The average Bonchev–Trinajstić information content (AvgIpc) is 2.68. The van der Waals surface area contributed by atoms with Crippen LogP contribution in [0.15, 0.2) is 12.2 Å². The number of aliphatic carboxylic acids is 1. The molecule has 0 aromatic rings. The molecule has 0 fully saturated rings. The van der Waals surface area contributed by atoms with Gasteiger partial charge in [-0.25, -0.2) is 0 Å². The molecule has 0 rings (SSSR count). The lowest BCUT2D eigenvalue weighted by atomic mass is 10.0. The molecule has 0 aliphatic heterocycles. The minimum Gasteiger partial charge on any atom is -0.481 e. The van der Waals surface area contributed by atoms with Crippen molar-refractivity contribution < 1.29 is 9.90 Å². The number of hydrogen-bond donors (Lipinski definition) is 1. The Bertz CT molecular complexity index is 335. The van der Waals surface area contributed by atoms with E-state index in [4.69, 9.17) is 5.11 Å². The number of unbranched alkanes of at least 4 members (excludes halogenated alkanes) is 19. The van der Waals surface area contributed by atoms with Gasteiger partial charge in [0, 0.05) is 6.42 Å². The Hall–Kier alpha value is -0.790. The standard InChI is InChI=1S/C26H50O2/c1-2-3-4-5-6-7-8-9-10-11-12-13-14-15-16-17-18-19-20-21-22-23-24-25-26(27)28/h13-14H,2-12,15-25H2,1H3,(H,27,28)/b14-13-. The molecule has 2 nitrogen and oxygen atoms in total. The number of hydrogen-bond acceptors (Lipinski definition) is 1. The van der Waals surface area contributed by atoms with Crippen LogP contribution < -0.4 is 0 Å². The molecule has 1 N–H and O–H groups in total. The zero-order valence-corrected chi connectivity index (χ0v) is 19.1. The number of carbonyl (C=O) groups is 1. The van der Waals surface area contributed by atoms with Crippen molar-refractivity contribution >= 4 is 5.97 Å². The third kappa shape index (κ3) is 25.2. The van der Waals surface area contributed by atoms with Gasteiger partial charge in [0.1, 0.15) is 0 Å². The van der Waals surface area contributed by atoms with E-state index in [9.17, 15) is 4.79 Å². The van der Waals surface area contributed by atoms with E-state index in [0.29, 0.717) is 6.42 Å². The van der Waals surface area contributed by atoms with Gasteiger partial charge in [0.2, 0.25) is 0 Å². The summed E-state index contributed by atoms with van der Waals surface area (Å²) in [6.45, 7) is 2.29. The summed E-state index contributed by atoms with van der Waals surface area (Å²) in [6.07, 6.45) is 33.0. The highest BCUT2D eigenvalue weighted by atomic mass is 16.4. The van der Waals surface area contributed by atoms with Crippen LogP contribution in [0.25, 0.3) is 0 Å². The molecule has 0 bridgehead atoms. The molecule has 0 spiro atoms. The zero-order chi connectivity index (χ0) is 20.5. The molecule has 2 heteroatoms. The Morgan fingerprint density at radius 2 is 0.857 bits per heavy atom. The van der Waals surface area contributed by atoms with Crippen molar-refractivity contribution in [2.75, 3.05) is 0 Å². The monoisotopic (exact) mass is 394 g/mol. The van der Waals surface area contributed by atoms with Crippen molar-refractivity contribution in [1.82, 2.24) is 0 Å². The van der Waals surface area contributed by atoms with Gasteiger partial charge in [-0.15, -0.1) is 0 Å². The summed E-state index contributed by atoms with van der Waals surface area (Å²) >= 11 is 0. The Kier molecular flexibility index (Phi) is 23.6. The highest BCUT2D eigenvalue weighted by Crippen LogP contribution is 2.13. The SMILES string of the molecule is CCCCCCCCCCCC/C=C\CCCCCCCCCCCC(=O)O. The summed E-state index contributed by atoms with van der Waals surface area (Å²) in [5.74, 6) is -0.655. The van der Waals surface area contributed by atoms with Crippen LogP contribution in [0, 0.1) is 0 Å². The van der Waals surface area contributed by atoms with Crippen LogP contribution in [0.2, 0.25) is 0 Å². The molecule has 0 radical (unpaired) electrons. The smallest absolute Gasteiger partial charge is 0.303 e. The Labute approximate surface area is 176 Å². The van der Waals surface area contributed by atoms with Gasteiger partial charge in [0.05, 0.1) is 0 Å². The van der Waals surface area contributed by atoms with Crippen LogP contribution in [-0.4, -0.2) is 11.1 Å². The number of carboxylic acids is 1.